The number of carbonyl (C=O) groups is 1. The zero-order valence-electron chi connectivity index (χ0n) is 15.8. The van der Waals surface area contributed by atoms with Gasteiger partial charge in [0.1, 0.15) is 5.82 Å². The second-order valence-electron chi connectivity index (χ2n) is 6.94. The normalized spacial score (nSPS) is 18.6. The number of nitrogens with one attached hydrogen (secondary N) is 1. The summed E-state index contributed by atoms with van der Waals surface area (Å²) in [4.78, 5) is 12.5. The minimum absolute atomic E-state index is 0. The Hall–Kier alpha value is -1.22. The molecule has 6 nitrogen and oxygen atoms in total. The van der Waals surface area contributed by atoms with E-state index < -0.39 is 27.3 Å². The Bertz CT molecular complexity index is 724. The van der Waals surface area contributed by atoms with Gasteiger partial charge in [0.25, 0.3) is 0 Å². The number of hydrogen-bond donors (Lipinski definition) is 2. The van der Waals surface area contributed by atoms with Crippen LogP contribution in [0.25, 0.3) is 0 Å². The topological polar surface area (TPSA) is 92.5 Å². The van der Waals surface area contributed by atoms with E-state index in [0.717, 1.165) is 25.0 Å². The summed E-state index contributed by atoms with van der Waals surface area (Å²) in [6.45, 7) is 4.82. The number of benzene rings is 1. The zero-order chi connectivity index (χ0) is 19.4. The van der Waals surface area contributed by atoms with Gasteiger partial charge in [-0.3, -0.25) is 4.79 Å². The molecule has 0 aliphatic carbocycles. The number of halogens is 2. The summed E-state index contributed by atoms with van der Waals surface area (Å²) in [5, 5.41) is 2.88. The Balaban J connectivity index is 0.00000364. The summed E-state index contributed by atoms with van der Waals surface area (Å²) in [7, 11) is -3.74. The van der Waals surface area contributed by atoms with E-state index in [0.29, 0.717) is 25.9 Å². The summed E-state index contributed by atoms with van der Waals surface area (Å²) in [5.41, 5.74) is 5.77. The van der Waals surface area contributed by atoms with Gasteiger partial charge in [-0.05, 0) is 49.9 Å². The molecule has 1 saturated heterocycles. The van der Waals surface area contributed by atoms with Crippen molar-refractivity contribution in [3.05, 3.63) is 30.1 Å². The number of nitrogens with zero attached hydrogens (tertiary/aromatic N) is 1. The van der Waals surface area contributed by atoms with Gasteiger partial charge in [0.15, 0.2) is 0 Å². The molecule has 154 valence electrons. The lowest BCUT2D eigenvalue weighted by atomic mass is 9.93. The van der Waals surface area contributed by atoms with Crippen LogP contribution in [0.15, 0.2) is 29.2 Å². The maximum absolute atomic E-state index is 13.1. The first-order valence-corrected chi connectivity index (χ1v) is 10.5. The van der Waals surface area contributed by atoms with Gasteiger partial charge >= 0.3 is 0 Å². The molecule has 0 saturated carbocycles. The fraction of sp³-hybridized carbons (Fsp3) is 0.611. The Morgan fingerprint density at radius 3 is 2.44 bits per heavy atom. The maximum Gasteiger partial charge on any atom is 0.243 e. The van der Waals surface area contributed by atoms with Gasteiger partial charge in [-0.15, -0.1) is 12.4 Å². The fourth-order valence-electron chi connectivity index (χ4n) is 3.04. The molecular weight excluding hydrogens is 393 g/mol. The smallest absolute Gasteiger partial charge is 0.243 e. The third-order valence-corrected chi connectivity index (χ3v) is 7.11. The lowest BCUT2D eigenvalue weighted by molar-refractivity contribution is -0.126. The van der Waals surface area contributed by atoms with Crippen LogP contribution in [-0.2, 0) is 14.8 Å². The molecule has 9 heteroatoms. The number of sulfonamides is 1. The lowest BCUT2D eigenvalue weighted by Crippen LogP contribution is -2.52. The molecule has 0 aromatic heterocycles. The van der Waals surface area contributed by atoms with Gasteiger partial charge < -0.3 is 11.1 Å². The van der Waals surface area contributed by atoms with Crippen molar-refractivity contribution in [2.45, 2.75) is 50.0 Å². The standard InChI is InChI=1S/C18H28FN3O3S.ClH/c1-3-18(20,4-2)13-21-17(23)14-6-5-11-22(12-14)26(24,25)16-9-7-15(19)8-10-16;/h7-10,14H,3-6,11-13,20H2,1-2H3,(H,21,23);1H. The van der Waals surface area contributed by atoms with Crippen LogP contribution in [0.3, 0.4) is 0 Å². The van der Waals surface area contributed by atoms with Crippen LogP contribution < -0.4 is 11.1 Å². The molecule has 1 aromatic rings. The highest BCUT2D eigenvalue weighted by Gasteiger charge is 2.34. The second-order valence-corrected chi connectivity index (χ2v) is 8.88. The Morgan fingerprint density at radius 2 is 1.89 bits per heavy atom. The number of rotatable bonds is 7. The van der Waals surface area contributed by atoms with Crippen LogP contribution in [0.2, 0.25) is 0 Å². The van der Waals surface area contributed by atoms with Crippen molar-refractivity contribution in [1.82, 2.24) is 9.62 Å². The van der Waals surface area contributed by atoms with Crippen LogP contribution in [0.4, 0.5) is 4.39 Å². The number of amides is 1. The quantitative estimate of drug-likeness (QED) is 0.706. The highest BCUT2D eigenvalue weighted by molar-refractivity contribution is 7.89. The number of piperidine rings is 1. The number of hydrogen-bond acceptors (Lipinski definition) is 4. The molecule has 1 aliphatic rings. The summed E-state index contributed by atoms with van der Waals surface area (Å²) in [6.07, 6.45) is 2.74. The molecule has 1 amide bonds. The average Bonchev–Trinajstić information content (AvgIpc) is 2.66. The van der Waals surface area contributed by atoms with E-state index in [1.165, 1.54) is 16.4 Å². The van der Waals surface area contributed by atoms with Crippen LogP contribution in [0, 0.1) is 11.7 Å². The molecule has 1 aromatic carbocycles. The van der Waals surface area contributed by atoms with E-state index in [1.54, 1.807) is 0 Å². The molecule has 2 rings (SSSR count). The molecule has 1 aliphatic heterocycles. The van der Waals surface area contributed by atoms with Gasteiger partial charge in [0.2, 0.25) is 15.9 Å². The van der Waals surface area contributed by atoms with Gasteiger partial charge in [-0.1, -0.05) is 13.8 Å². The van der Waals surface area contributed by atoms with E-state index in [4.69, 9.17) is 5.73 Å². The first-order chi connectivity index (χ1) is 12.2. The first-order valence-electron chi connectivity index (χ1n) is 9.04. The third kappa shape index (κ3) is 5.88. The highest BCUT2D eigenvalue weighted by Crippen LogP contribution is 2.24. The monoisotopic (exact) mass is 421 g/mol. The highest BCUT2D eigenvalue weighted by atomic mass is 35.5. The third-order valence-electron chi connectivity index (χ3n) is 5.23. The van der Waals surface area contributed by atoms with E-state index in [2.05, 4.69) is 5.32 Å². The first kappa shape index (κ1) is 23.8. The maximum atomic E-state index is 13.1. The molecule has 0 radical (unpaired) electrons. The van der Waals surface area contributed by atoms with Crippen LogP contribution >= 0.6 is 12.4 Å². The minimum Gasteiger partial charge on any atom is -0.354 e. The Labute approximate surface area is 167 Å². The van der Waals surface area contributed by atoms with E-state index >= 15 is 0 Å². The Kier molecular flexibility index (Phi) is 8.66. The van der Waals surface area contributed by atoms with E-state index in [1.807, 2.05) is 13.8 Å². The van der Waals surface area contributed by atoms with Crippen molar-refractivity contribution in [2.24, 2.45) is 11.7 Å². The summed E-state index contributed by atoms with van der Waals surface area (Å²) in [5.74, 6) is -1.06. The van der Waals surface area contributed by atoms with E-state index in [9.17, 15) is 17.6 Å². The largest absolute Gasteiger partial charge is 0.354 e. The molecule has 1 atom stereocenters. The summed E-state index contributed by atoms with van der Waals surface area (Å²) in [6, 6.07) is 4.74. The molecule has 1 unspecified atom stereocenters. The van der Waals surface area contributed by atoms with Crippen molar-refractivity contribution in [2.75, 3.05) is 19.6 Å². The molecule has 27 heavy (non-hydrogen) atoms. The van der Waals surface area contributed by atoms with E-state index in [-0.39, 0.29) is 29.8 Å². The summed E-state index contributed by atoms with van der Waals surface area (Å²) >= 11 is 0. The number of carbonyl (C=O) groups excluding carboxylic acids is 1. The molecule has 1 heterocycles. The van der Waals surface area contributed by atoms with Gasteiger partial charge in [-0.2, -0.15) is 4.31 Å². The lowest BCUT2D eigenvalue weighted by Gasteiger charge is -2.32. The fourth-order valence-corrected chi connectivity index (χ4v) is 4.56. The zero-order valence-corrected chi connectivity index (χ0v) is 17.4. The van der Waals surface area contributed by atoms with Crippen LogP contribution in [0.5, 0.6) is 0 Å². The predicted molar refractivity (Wildman–Crippen MR) is 106 cm³/mol. The van der Waals surface area contributed by atoms with Crippen molar-refractivity contribution in [3.63, 3.8) is 0 Å². The number of nitrogens with two attached hydrogens (primary N) is 1. The molecule has 0 bridgehead atoms. The molecule has 1 fully saturated rings. The van der Waals surface area contributed by atoms with Crippen molar-refractivity contribution >= 4 is 28.3 Å². The summed E-state index contributed by atoms with van der Waals surface area (Å²) < 4.78 is 39.8. The van der Waals surface area contributed by atoms with Crippen molar-refractivity contribution < 1.29 is 17.6 Å². The molecule has 0 spiro atoms. The van der Waals surface area contributed by atoms with Crippen LogP contribution in [0.1, 0.15) is 39.5 Å². The van der Waals surface area contributed by atoms with Crippen molar-refractivity contribution in [3.8, 4) is 0 Å². The van der Waals surface area contributed by atoms with Gasteiger partial charge in [0.05, 0.1) is 10.8 Å². The van der Waals surface area contributed by atoms with Gasteiger partial charge in [0, 0.05) is 25.2 Å². The second kappa shape index (κ2) is 9.82. The average molecular weight is 422 g/mol. The molecular formula is C18H29ClFN3O3S. The van der Waals surface area contributed by atoms with Crippen LogP contribution in [-0.4, -0.2) is 43.8 Å². The van der Waals surface area contributed by atoms with Crippen molar-refractivity contribution in [1.29, 1.82) is 0 Å². The SMILES string of the molecule is CCC(N)(CC)CNC(=O)C1CCCN(S(=O)(=O)c2ccc(F)cc2)C1.Cl. The predicted octanol–water partition coefficient (Wildman–Crippen LogP) is 2.28. The van der Waals surface area contributed by atoms with Gasteiger partial charge in [-0.25, -0.2) is 12.8 Å². The molecule has 3 N–H and O–H groups in total. The minimum atomic E-state index is -3.74. The Morgan fingerprint density at radius 1 is 1.30 bits per heavy atom.